The van der Waals surface area contributed by atoms with Crippen LogP contribution in [-0.2, 0) is 11.2 Å². The molecule has 2 aromatic carbocycles. The van der Waals surface area contributed by atoms with Gasteiger partial charge in [-0.2, -0.15) is 5.10 Å². The SMILES string of the molecule is COc1cc(/C=N/NC(=O)Cc2ccc(F)cc2)cc(Cl)c1OC(C)C. The molecule has 1 amide bonds. The van der Waals surface area contributed by atoms with Gasteiger partial charge in [0.15, 0.2) is 11.5 Å². The number of hydrogen-bond donors (Lipinski definition) is 1. The van der Waals surface area contributed by atoms with E-state index in [2.05, 4.69) is 10.5 Å². The van der Waals surface area contributed by atoms with Crippen LogP contribution in [0.5, 0.6) is 11.5 Å². The maximum Gasteiger partial charge on any atom is 0.244 e. The fraction of sp³-hybridized carbons (Fsp3) is 0.263. The van der Waals surface area contributed by atoms with Gasteiger partial charge in [0.1, 0.15) is 5.82 Å². The third-order valence-electron chi connectivity index (χ3n) is 3.29. The van der Waals surface area contributed by atoms with Gasteiger partial charge in [0.05, 0.1) is 30.9 Å². The second-order valence-corrected chi connectivity index (χ2v) is 6.20. The van der Waals surface area contributed by atoms with Gasteiger partial charge in [0, 0.05) is 0 Å². The molecule has 0 atom stereocenters. The molecule has 0 saturated heterocycles. The maximum atomic E-state index is 12.9. The number of hydrazone groups is 1. The second-order valence-electron chi connectivity index (χ2n) is 5.80. The lowest BCUT2D eigenvalue weighted by atomic mass is 10.1. The molecule has 0 bridgehead atoms. The highest BCUT2D eigenvalue weighted by atomic mass is 35.5. The highest BCUT2D eigenvalue weighted by Crippen LogP contribution is 2.36. The van der Waals surface area contributed by atoms with Crippen molar-refractivity contribution in [1.29, 1.82) is 0 Å². The number of nitrogens with zero attached hydrogens (tertiary/aromatic N) is 1. The highest BCUT2D eigenvalue weighted by molar-refractivity contribution is 6.32. The quantitative estimate of drug-likeness (QED) is 0.586. The zero-order valence-electron chi connectivity index (χ0n) is 14.8. The molecule has 0 aliphatic rings. The molecule has 1 N–H and O–H groups in total. The van der Waals surface area contributed by atoms with Gasteiger partial charge in [-0.3, -0.25) is 4.79 Å². The molecule has 0 saturated carbocycles. The monoisotopic (exact) mass is 378 g/mol. The van der Waals surface area contributed by atoms with Crippen LogP contribution in [0.25, 0.3) is 0 Å². The molecule has 0 aliphatic heterocycles. The van der Waals surface area contributed by atoms with Crippen LogP contribution >= 0.6 is 11.6 Å². The van der Waals surface area contributed by atoms with Gasteiger partial charge in [-0.25, -0.2) is 9.82 Å². The number of carbonyl (C=O) groups is 1. The molecular formula is C19H20ClFN2O3. The molecule has 0 unspecified atom stereocenters. The molecule has 0 radical (unpaired) electrons. The number of amides is 1. The summed E-state index contributed by atoms with van der Waals surface area (Å²) in [6.45, 7) is 3.78. The van der Waals surface area contributed by atoms with Crippen molar-refractivity contribution < 1.29 is 18.7 Å². The van der Waals surface area contributed by atoms with Gasteiger partial charge in [0.25, 0.3) is 0 Å². The Bertz CT molecular complexity index is 792. The minimum Gasteiger partial charge on any atom is -0.493 e. The van der Waals surface area contributed by atoms with Crippen LogP contribution in [0.4, 0.5) is 4.39 Å². The third kappa shape index (κ3) is 5.74. The van der Waals surface area contributed by atoms with Gasteiger partial charge < -0.3 is 9.47 Å². The van der Waals surface area contributed by atoms with Crippen LogP contribution in [0.2, 0.25) is 5.02 Å². The summed E-state index contributed by atoms with van der Waals surface area (Å²) in [4.78, 5) is 11.9. The van der Waals surface area contributed by atoms with Crippen molar-refractivity contribution in [2.45, 2.75) is 26.4 Å². The number of methoxy groups -OCH3 is 1. The molecule has 5 nitrogen and oxygen atoms in total. The van der Waals surface area contributed by atoms with Crippen LogP contribution < -0.4 is 14.9 Å². The summed E-state index contributed by atoms with van der Waals surface area (Å²) in [5.74, 6) is 0.278. The average Bonchev–Trinajstić information content (AvgIpc) is 2.58. The lowest BCUT2D eigenvalue weighted by molar-refractivity contribution is -0.120. The Morgan fingerprint density at radius 2 is 2.00 bits per heavy atom. The van der Waals surface area contributed by atoms with E-state index in [1.54, 1.807) is 24.3 Å². The second kappa shape index (κ2) is 9.20. The number of carbonyl (C=O) groups excluding carboxylic acids is 1. The number of ether oxygens (including phenoxy) is 2. The number of nitrogens with one attached hydrogen (secondary N) is 1. The largest absolute Gasteiger partial charge is 0.493 e. The first-order valence-corrected chi connectivity index (χ1v) is 8.37. The van der Waals surface area contributed by atoms with Crippen LogP contribution in [-0.4, -0.2) is 25.3 Å². The molecule has 0 aromatic heterocycles. The first kappa shape index (κ1) is 19.7. The zero-order chi connectivity index (χ0) is 19.1. The number of halogens is 2. The first-order valence-electron chi connectivity index (χ1n) is 7.99. The third-order valence-corrected chi connectivity index (χ3v) is 3.57. The minimum atomic E-state index is -0.345. The van der Waals surface area contributed by atoms with Gasteiger partial charge in [0.2, 0.25) is 5.91 Å². The van der Waals surface area contributed by atoms with E-state index in [0.29, 0.717) is 27.6 Å². The molecule has 2 rings (SSSR count). The average molecular weight is 379 g/mol. The Morgan fingerprint density at radius 3 is 2.62 bits per heavy atom. The van der Waals surface area contributed by atoms with Gasteiger partial charge in [-0.05, 0) is 49.2 Å². The Balaban J connectivity index is 2.02. The molecule has 0 spiro atoms. The van der Waals surface area contributed by atoms with E-state index in [-0.39, 0.29) is 24.2 Å². The fourth-order valence-corrected chi connectivity index (χ4v) is 2.43. The normalized spacial score (nSPS) is 11.0. The number of hydrogen-bond acceptors (Lipinski definition) is 4. The van der Waals surface area contributed by atoms with E-state index in [4.69, 9.17) is 21.1 Å². The highest BCUT2D eigenvalue weighted by Gasteiger charge is 2.13. The van der Waals surface area contributed by atoms with Crippen LogP contribution in [0.1, 0.15) is 25.0 Å². The Kier molecular flexibility index (Phi) is 6.97. The predicted molar refractivity (Wildman–Crippen MR) is 99.6 cm³/mol. The van der Waals surface area contributed by atoms with E-state index in [1.165, 1.54) is 25.5 Å². The Morgan fingerprint density at radius 1 is 1.31 bits per heavy atom. The van der Waals surface area contributed by atoms with Gasteiger partial charge >= 0.3 is 0 Å². The standard InChI is InChI=1S/C19H20ClFN2O3/c1-12(2)26-19-16(20)8-14(9-17(19)25-3)11-22-23-18(24)10-13-4-6-15(21)7-5-13/h4-9,11-12H,10H2,1-3H3,(H,23,24)/b22-11+. The molecule has 0 fully saturated rings. The van der Waals surface area contributed by atoms with Crippen molar-refractivity contribution in [3.05, 3.63) is 58.4 Å². The van der Waals surface area contributed by atoms with Gasteiger partial charge in [-0.1, -0.05) is 23.7 Å². The van der Waals surface area contributed by atoms with Crippen LogP contribution in [0.15, 0.2) is 41.5 Å². The van der Waals surface area contributed by atoms with Gasteiger partial charge in [-0.15, -0.1) is 0 Å². The summed E-state index contributed by atoms with van der Waals surface area (Å²) in [6, 6.07) is 9.09. The summed E-state index contributed by atoms with van der Waals surface area (Å²) >= 11 is 6.23. The molecule has 138 valence electrons. The lowest BCUT2D eigenvalue weighted by Gasteiger charge is -2.15. The first-order chi connectivity index (χ1) is 12.4. The van der Waals surface area contributed by atoms with E-state index < -0.39 is 0 Å². The predicted octanol–water partition coefficient (Wildman–Crippen LogP) is 3.97. The summed E-state index contributed by atoms with van der Waals surface area (Å²) in [5.41, 5.74) is 3.76. The number of benzene rings is 2. The Hall–Kier alpha value is -2.60. The van der Waals surface area contributed by atoms with Crippen molar-refractivity contribution in [2.75, 3.05) is 7.11 Å². The van der Waals surface area contributed by atoms with E-state index >= 15 is 0 Å². The fourth-order valence-electron chi connectivity index (χ4n) is 2.17. The van der Waals surface area contributed by atoms with E-state index in [9.17, 15) is 9.18 Å². The van der Waals surface area contributed by atoms with Crippen molar-refractivity contribution in [3.63, 3.8) is 0 Å². The summed E-state index contributed by atoms with van der Waals surface area (Å²) in [6.07, 6.45) is 1.51. The van der Waals surface area contributed by atoms with Crippen molar-refractivity contribution in [1.82, 2.24) is 5.43 Å². The molecule has 7 heteroatoms. The topological polar surface area (TPSA) is 59.9 Å². The molecule has 2 aromatic rings. The lowest BCUT2D eigenvalue weighted by Crippen LogP contribution is -2.19. The van der Waals surface area contributed by atoms with E-state index in [0.717, 1.165) is 0 Å². The van der Waals surface area contributed by atoms with Crippen molar-refractivity contribution >= 4 is 23.7 Å². The molecular weight excluding hydrogens is 359 g/mol. The maximum absolute atomic E-state index is 12.9. The smallest absolute Gasteiger partial charge is 0.244 e. The van der Waals surface area contributed by atoms with Crippen LogP contribution in [0.3, 0.4) is 0 Å². The summed E-state index contributed by atoms with van der Waals surface area (Å²) in [7, 11) is 1.52. The summed E-state index contributed by atoms with van der Waals surface area (Å²) in [5, 5.41) is 4.29. The van der Waals surface area contributed by atoms with Crippen LogP contribution in [0, 0.1) is 5.82 Å². The Labute approximate surface area is 156 Å². The molecule has 0 aliphatic carbocycles. The van der Waals surface area contributed by atoms with Crippen molar-refractivity contribution in [2.24, 2.45) is 5.10 Å². The number of rotatable bonds is 7. The zero-order valence-corrected chi connectivity index (χ0v) is 15.5. The molecule has 0 heterocycles. The molecule has 26 heavy (non-hydrogen) atoms. The van der Waals surface area contributed by atoms with Crippen molar-refractivity contribution in [3.8, 4) is 11.5 Å². The summed E-state index contributed by atoms with van der Waals surface area (Å²) < 4.78 is 23.8. The van der Waals surface area contributed by atoms with E-state index in [1.807, 2.05) is 13.8 Å². The minimum absolute atomic E-state index is 0.0494.